The summed E-state index contributed by atoms with van der Waals surface area (Å²) in [6.45, 7) is 3.14. The van der Waals surface area contributed by atoms with E-state index < -0.39 is 0 Å². The van der Waals surface area contributed by atoms with Crippen LogP contribution >= 0.6 is 11.6 Å². The molecule has 27 heavy (non-hydrogen) atoms. The summed E-state index contributed by atoms with van der Waals surface area (Å²) in [6, 6.07) is 14.0. The summed E-state index contributed by atoms with van der Waals surface area (Å²) in [5.74, 6) is 0.977. The molecule has 1 aliphatic rings. The Kier molecular flexibility index (Phi) is 5.02. The van der Waals surface area contributed by atoms with Crippen molar-refractivity contribution in [1.29, 1.82) is 0 Å². The van der Waals surface area contributed by atoms with Crippen LogP contribution in [-0.4, -0.2) is 41.4 Å². The predicted molar refractivity (Wildman–Crippen MR) is 105 cm³/mol. The van der Waals surface area contributed by atoms with Gasteiger partial charge in [-0.3, -0.25) is 0 Å². The lowest BCUT2D eigenvalue weighted by Crippen LogP contribution is -2.47. The molecule has 0 aliphatic carbocycles. The van der Waals surface area contributed by atoms with Gasteiger partial charge in [-0.1, -0.05) is 17.7 Å². The molecule has 1 N–H and O–H groups in total. The molecule has 0 atom stereocenters. The predicted octanol–water partition coefficient (Wildman–Crippen LogP) is 3.73. The molecule has 6 nitrogen and oxygen atoms in total. The second-order valence-electron chi connectivity index (χ2n) is 6.23. The van der Waals surface area contributed by atoms with Crippen molar-refractivity contribution >= 4 is 34.7 Å². The van der Waals surface area contributed by atoms with Crippen LogP contribution in [0.3, 0.4) is 0 Å². The first-order chi connectivity index (χ1) is 13.2. The second-order valence-corrected chi connectivity index (χ2v) is 6.66. The average Bonchev–Trinajstić information content (AvgIpc) is 2.69. The number of halogens is 2. The van der Waals surface area contributed by atoms with Crippen molar-refractivity contribution in [3.8, 4) is 0 Å². The highest BCUT2D eigenvalue weighted by molar-refractivity contribution is 6.30. The summed E-state index contributed by atoms with van der Waals surface area (Å²) in [5.41, 5.74) is 1.86. The number of hydrogen-bond acceptors (Lipinski definition) is 6. The highest BCUT2D eigenvalue weighted by atomic mass is 35.5. The number of benzene rings is 2. The minimum Gasteiger partial charge on any atom is -0.368 e. The molecule has 3 aromatic rings. The van der Waals surface area contributed by atoms with E-state index in [-0.39, 0.29) is 5.82 Å². The molecule has 0 saturated carbocycles. The van der Waals surface area contributed by atoms with E-state index >= 15 is 0 Å². The SMILES string of the molecule is Fc1ccc(N2CCN(c3nncc(Nc4cccc(Cl)c4)n3)CC2)cc1. The molecule has 4 rings (SSSR count). The van der Waals surface area contributed by atoms with Crippen LogP contribution in [0, 0.1) is 5.82 Å². The maximum absolute atomic E-state index is 13.1. The van der Waals surface area contributed by atoms with Crippen molar-refractivity contribution in [2.75, 3.05) is 41.3 Å². The van der Waals surface area contributed by atoms with Crippen LogP contribution in [-0.2, 0) is 0 Å². The zero-order valence-corrected chi connectivity index (χ0v) is 15.3. The maximum Gasteiger partial charge on any atom is 0.247 e. The van der Waals surface area contributed by atoms with Crippen LogP contribution in [0.1, 0.15) is 0 Å². The molecule has 1 saturated heterocycles. The van der Waals surface area contributed by atoms with E-state index in [1.54, 1.807) is 18.3 Å². The Hall–Kier alpha value is -2.93. The fourth-order valence-electron chi connectivity index (χ4n) is 3.02. The van der Waals surface area contributed by atoms with Crippen molar-refractivity contribution < 1.29 is 4.39 Å². The van der Waals surface area contributed by atoms with Crippen molar-refractivity contribution in [2.24, 2.45) is 0 Å². The number of nitrogens with one attached hydrogen (secondary N) is 1. The van der Waals surface area contributed by atoms with Gasteiger partial charge in [-0.15, -0.1) is 5.10 Å². The van der Waals surface area contributed by atoms with Gasteiger partial charge >= 0.3 is 0 Å². The Labute approximate surface area is 161 Å². The topological polar surface area (TPSA) is 57.2 Å². The molecule has 138 valence electrons. The third-order valence-corrected chi connectivity index (χ3v) is 4.63. The van der Waals surface area contributed by atoms with Crippen molar-refractivity contribution in [2.45, 2.75) is 0 Å². The molecule has 2 heterocycles. The Bertz CT molecular complexity index is 912. The zero-order valence-electron chi connectivity index (χ0n) is 14.5. The first kappa shape index (κ1) is 17.5. The lowest BCUT2D eigenvalue weighted by Gasteiger charge is -2.35. The number of nitrogens with zero attached hydrogens (tertiary/aromatic N) is 5. The minimum atomic E-state index is -0.221. The van der Waals surface area contributed by atoms with E-state index in [2.05, 4.69) is 30.3 Å². The molecule has 0 bridgehead atoms. The molecule has 1 aliphatic heterocycles. The third kappa shape index (κ3) is 4.25. The third-order valence-electron chi connectivity index (χ3n) is 4.40. The van der Waals surface area contributed by atoms with E-state index in [9.17, 15) is 4.39 Å². The van der Waals surface area contributed by atoms with Gasteiger partial charge in [-0.25, -0.2) is 4.39 Å². The first-order valence-corrected chi connectivity index (χ1v) is 9.03. The Morgan fingerprint density at radius 3 is 2.44 bits per heavy atom. The van der Waals surface area contributed by atoms with Gasteiger partial charge < -0.3 is 15.1 Å². The van der Waals surface area contributed by atoms with Gasteiger partial charge in [0.25, 0.3) is 0 Å². The van der Waals surface area contributed by atoms with E-state index in [0.717, 1.165) is 37.6 Å². The van der Waals surface area contributed by atoms with Crippen molar-refractivity contribution in [3.63, 3.8) is 0 Å². The van der Waals surface area contributed by atoms with Gasteiger partial charge in [0.05, 0.1) is 6.20 Å². The molecular weight excluding hydrogens is 367 g/mol. The quantitative estimate of drug-likeness (QED) is 0.739. The molecule has 2 aromatic carbocycles. The van der Waals surface area contributed by atoms with Crippen LogP contribution in [0.2, 0.25) is 5.02 Å². The lowest BCUT2D eigenvalue weighted by molar-refractivity contribution is 0.622. The number of piperazine rings is 1. The molecule has 0 amide bonds. The van der Waals surface area contributed by atoms with E-state index in [1.807, 2.05) is 24.3 Å². The van der Waals surface area contributed by atoms with Crippen LogP contribution in [0.5, 0.6) is 0 Å². The van der Waals surface area contributed by atoms with E-state index in [4.69, 9.17) is 11.6 Å². The van der Waals surface area contributed by atoms with Crippen LogP contribution in [0.4, 0.5) is 27.5 Å². The van der Waals surface area contributed by atoms with E-state index in [1.165, 1.54) is 12.1 Å². The van der Waals surface area contributed by atoms with Crippen molar-refractivity contribution in [3.05, 3.63) is 65.6 Å². The van der Waals surface area contributed by atoms with Crippen LogP contribution in [0.25, 0.3) is 0 Å². The largest absolute Gasteiger partial charge is 0.368 e. The summed E-state index contributed by atoms with van der Waals surface area (Å²) in [7, 11) is 0. The van der Waals surface area contributed by atoms with Crippen molar-refractivity contribution in [1.82, 2.24) is 15.2 Å². The van der Waals surface area contributed by atoms with Gasteiger partial charge in [0.1, 0.15) is 5.82 Å². The lowest BCUT2D eigenvalue weighted by atomic mass is 10.2. The molecule has 0 spiro atoms. The van der Waals surface area contributed by atoms with Gasteiger partial charge in [-0.05, 0) is 42.5 Å². The van der Waals surface area contributed by atoms with E-state index in [0.29, 0.717) is 16.8 Å². The smallest absolute Gasteiger partial charge is 0.247 e. The Morgan fingerprint density at radius 2 is 1.70 bits per heavy atom. The Morgan fingerprint density at radius 1 is 0.963 bits per heavy atom. The molecular formula is C19H18ClFN6. The minimum absolute atomic E-state index is 0.221. The zero-order chi connectivity index (χ0) is 18.6. The standard InChI is InChI=1S/C19H18ClFN6/c20-14-2-1-3-16(12-14)23-18-13-22-25-19(24-18)27-10-8-26(9-11-27)17-6-4-15(21)5-7-17/h1-7,12-13H,8-11H2,(H,23,24,25). The fourth-order valence-corrected chi connectivity index (χ4v) is 3.21. The highest BCUT2D eigenvalue weighted by Gasteiger charge is 2.20. The number of anilines is 4. The molecule has 1 fully saturated rings. The van der Waals surface area contributed by atoms with Gasteiger partial charge in [0, 0.05) is 42.6 Å². The summed E-state index contributed by atoms with van der Waals surface area (Å²) < 4.78 is 13.1. The van der Waals surface area contributed by atoms with Gasteiger partial charge in [-0.2, -0.15) is 10.1 Å². The monoisotopic (exact) mass is 384 g/mol. The molecule has 0 unspecified atom stereocenters. The average molecular weight is 385 g/mol. The normalized spacial score (nSPS) is 14.3. The highest BCUT2D eigenvalue weighted by Crippen LogP contribution is 2.21. The molecule has 0 radical (unpaired) electrons. The summed E-state index contributed by atoms with van der Waals surface area (Å²) in [4.78, 5) is 8.87. The van der Waals surface area contributed by atoms with Crippen LogP contribution < -0.4 is 15.1 Å². The Balaban J connectivity index is 1.42. The summed E-state index contributed by atoms with van der Waals surface area (Å²) >= 11 is 6.01. The molecule has 8 heteroatoms. The van der Waals surface area contributed by atoms with Gasteiger partial charge in [0.15, 0.2) is 5.82 Å². The van der Waals surface area contributed by atoms with Gasteiger partial charge in [0.2, 0.25) is 5.95 Å². The first-order valence-electron chi connectivity index (χ1n) is 8.65. The second kappa shape index (κ2) is 7.75. The summed E-state index contributed by atoms with van der Waals surface area (Å²) in [6.07, 6.45) is 1.58. The summed E-state index contributed by atoms with van der Waals surface area (Å²) in [5, 5.41) is 12.1. The maximum atomic E-state index is 13.1. The van der Waals surface area contributed by atoms with Crippen LogP contribution in [0.15, 0.2) is 54.7 Å². The fraction of sp³-hybridized carbons (Fsp3) is 0.211. The number of rotatable bonds is 4. The molecule has 1 aromatic heterocycles. The number of aromatic nitrogens is 3. The number of hydrogen-bond donors (Lipinski definition) is 1.